The van der Waals surface area contributed by atoms with Crippen LogP contribution in [0.3, 0.4) is 0 Å². The van der Waals surface area contributed by atoms with E-state index < -0.39 is 29.3 Å². The average molecular weight is 327 g/mol. The summed E-state index contributed by atoms with van der Waals surface area (Å²) < 4.78 is 0. The van der Waals surface area contributed by atoms with Crippen molar-refractivity contribution in [2.75, 3.05) is 0 Å². The van der Waals surface area contributed by atoms with Crippen molar-refractivity contribution >= 4 is 29.3 Å². The van der Waals surface area contributed by atoms with E-state index in [1.54, 1.807) is 0 Å². The summed E-state index contributed by atoms with van der Waals surface area (Å²) in [5.41, 5.74) is 0. The topological polar surface area (TPSA) is 266 Å². The first kappa shape index (κ1) is 33.4. The van der Waals surface area contributed by atoms with Gasteiger partial charge in [-0.05, 0) is 0 Å². The molecule has 1 aliphatic carbocycles. The Labute approximate surface area is 143 Å². The van der Waals surface area contributed by atoms with E-state index in [1.807, 2.05) is 0 Å². The Morgan fingerprint density at radius 2 is 0.571 bits per heavy atom. The van der Waals surface area contributed by atoms with Gasteiger partial charge in [-0.15, -0.1) is 6.10 Å². The fraction of sp³-hybridized carbons (Fsp3) is 1.00. The molecule has 0 spiro atoms. The van der Waals surface area contributed by atoms with Crippen LogP contribution >= 0.6 is 0 Å². The van der Waals surface area contributed by atoms with Gasteiger partial charge in [0.1, 0.15) is 0 Å². The summed E-state index contributed by atoms with van der Waals surface area (Å²) in [7, 11) is -8.67. The SMILES string of the molecule is OB(O)O.OB(O)O.OB(O)O.OB(O)O.[Na+].[O-]C1CC1. The van der Waals surface area contributed by atoms with E-state index in [0.717, 1.165) is 12.8 Å². The first-order chi connectivity index (χ1) is 8.82. The maximum Gasteiger partial charge on any atom is 1.00 e. The van der Waals surface area contributed by atoms with Gasteiger partial charge < -0.3 is 65.4 Å². The standard InChI is InChI=1S/C3H5O.4BH3O3.Na/c4-3-1-2-3;4*2-1(3)4;/h3H,1-2H2;4*2-4H;/q-1;;;;;+1. The summed E-state index contributed by atoms with van der Waals surface area (Å²) in [5, 5.41) is 95.6. The first-order valence-electron chi connectivity index (χ1n) is 4.65. The van der Waals surface area contributed by atoms with Gasteiger partial charge in [-0.1, -0.05) is 12.8 Å². The van der Waals surface area contributed by atoms with Gasteiger partial charge in [-0.25, -0.2) is 0 Å². The predicted octanol–water partition coefficient (Wildman–Crippen LogP) is -11.7. The Bertz CT molecular complexity index is 123. The Morgan fingerprint density at radius 1 is 0.524 bits per heavy atom. The van der Waals surface area contributed by atoms with E-state index in [0.29, 0.717) is 0 Å². The first-order valence-corrected chi connectivity index (χ1v) is 4.65. The number of rotatable bonds is 0. The zero-order chi connectivity index (χ0) is 17.3. The van der Waals surface area contributed by atoms with Crippen molar-refractivity contribution in [3.63, 3.8) is 0 Å². The molecule has 0 aromatic rings. The number of hydrogen-bond acceptors (Lipinski definition) is 13. The maximum absolute atomic E-state index is 9.64. The van der Waals surface area contributed by atoms with Crippen molar-refractivity contribution < 1.29 is 95.0 Å². The minimum Gasteiger partial charge on any atom is -0.852 e. The molecule has 0 atom stereocenters. The monoisotopic (exact) mass is 328 g/mol. The molecule has 0 unspecified atom stereocenters. The third-order valence-electron chi connectivity index (χ3n) is 0.524. The summed E-state index contributed by atoms with van der Waals surface area (Å²) >= 11 is 0. The van der Waals surface area contributed by atoms with Gasteiger partial charge in [0.2, 0.25) is 0 Å². The van der Waals surface area contributed by atoms with Gasteiger partial charge in [0.15, 0.2) is 0 Å². The van der Waals surface area contributed by atoms with E-state index in [1.165, 1.54) is 0 Å². The Hall–Kier alpha value is 0.740. The molecule has 1 saturated carbocycles. The zero-order valence-electron chi connectivity index (χ0n) is 11.1. The van der Waals surface area contributed by atoms with Crippen LogP contribution in [-0.2, 0) is 0 Å². The molecule has 1 rings (SSSR count). The van der Waals surface area contributed by atoms with Crippen LogP contribution in [0.1, 0.15) is 12.8 Å². The third kappa shape index (κ3) is 521. The number of hydrogen-bond donors (Lipinski definition) is 12. The molecule has 120 valence electrons. The molecule has 0 aromatic carbocycles. The Morgan fingerprint density at radius 3 is 0.571 bits per heavy atom. The van der Waals surface area contributed by atoms with Gasteiger partial charge in [0.05, 0.1) is 0 Å². The van der Waals surface area contributed by atoms with E-state index in [9.17, 15) is 5.11 Å². The van der Waals surface area contributed by atoms with Crippen LogP contribution in [0.5, 0.6) is 0 Å². The maximum atomic E-state index is 9.64. The molecule has 0 aliphatic heterocycles. The Balaban J connectivity index is -0.0000000502. The average Bonchev–Trinajstić information content (AvgIpc) is 2.82. The molecular formula is C3H17B4NaO13. The van der Waals surface area contributed by atoms with Crippen molar-refractivity contribution in [2.24, 2.45) is 0 Å². The van der Waals surface area contributed by atoms with E-state index in [4.69, 9.17) is 60.3 Å². The summed E-state index contributed by atoms with van der Waals surface area (Å²) in [4.78, 5) is 0. The molecule has 0 aromatic heterocycles. The van der Waals surface area contributed by atoms with Gasteiger partial charge in [-0.2, -0.15) is 0 Å². The minimum atomic E-state index is -2.17. The van der Waals surface area contributed by atoms with Crippen LogP contribution in [0.4, 0.5) is 0 Å². The molecular weight excluding hydrogens is 310 g/mol. The molecule has 0 heterocycles. The Kier molecular flexibility index (Phi) is 40.8. The second-order valence-electron chi connectivity index (χ2n) is 2.58. The summed E-state index contributed by atoms with van der Waals surface area (Å²) in [6.45, 7) is 0. The second kappa shape index (κ2) is 25.7. The summed E-state index contributed by atoms with van der Waals surface area (Å²) in [6.07, 6.45) is 1.69. The zero-order valence-corrected chi connectivity index (χ0v) is 13.1. The minimum absolute atomic E-state index is 0. The fourth-order valence-corrected chi connectivity index (χ4v) is 0.0680. The van der Waals surface area contributed by atoms with Gasteiger partial charge in [-0.3, -0.25) is 0 Å². The predicted molar refractivity (Wildman–Crippen MR) is 62.7 cm³/mol. The van der Waals surface area contributed by atoms with Crippen LogP contribution in [0.25, 0.3) is 0 Å². The van der Waals surface area contributed by atoms with Gasteiger partial charge >= 0.3 is 58.8 Å². The van der Waals surface area contributed by atoms with Crippen LogP contribution in [0.15, 0.2) is 0 Å². The summed E-state index contributed by atoms with van der Waals surface area (Å²) in [5.74, 6) is 0. The second-order valence-corrected chi connectivity index (χ2v) is 2.58. The third-order valence-corrected chi connectivity index (χ3v) is 0.524. The quantitative estimate of drug-likeness (QED) is 0.184. The molecule has 0 bridgehead atoms. The van der Waals surface area contributed by atoms with Crippen molar-refractivity contribution in [1.29, 1.82) is 0 Å². The molecule has 12 N–H and O–H groups in total. The van der Waals surface area contributed by atoms with Gasteiger partial charge in [0.25, 0.3) is 0 Å². The van der Waals surface area contributed by atoms with Crippen molar-refractivity contribution in [3.05, 3.63) is 0 Å². The van der Waals surface area contributed by atoms with E-state index >= 15 is 0 Å². The normalized spacial score (nSPS) is 10.1. The molecule has 1 aliphatic rings. The molecule has 21 heavy (non-hydrogen) atoms. The smallest absolute Gasteiger partial charge is 0.852 e. The van der Waals surface area contributed by atoms with Gasteiger partial charge in [0, 0.05) is 0 Å². The molecule has 0 amide bonds. The van der Waals surface area contributed by atoms with Crippen LogP contribution in [0, 0.1) is 0 Å². The van der Waals surface area contributed by atoms with Crippen LogP contribution < -0.4 is 34.7 Å². The van der Waals surface area contributed by atoms with Crippen LogP contribution in [0.2, 0.25) is 0 Å². The molecule has 0 radical (unpaired) electrons. The van der Waals surface area contributed by atoms with Crippen molar-refractivity contribution in [3.8, 4) is 0 Å². The van der Waals surface area contributed by atoms with E-state index in [-0.39, 0.29) is 35.7 Å². The molecule has 18 heteroatoms. The van der Waals surface area contributed by atoms with Crippen molar-refractivity contribution in [1.82, 2.24) is 0 Å². The fourth-order valence-electron chi connectivity index (χ4n) is 0.0680. The van der Waals surface area contributed by atoms with Crippen molar-refractivity contribution in [2.45, 2.75) is 18.9 Å². The largest absolute Gasteiger partial charge is 1.00 e. The van der Waals surface area contributed by atoms with Crippen LogP contribution in [-0.4, -0.2) is 95.7 Å². The molecule has 1 fully saturated rings. The molecule has 13 nitrogen and oxygen atoms in total. The molecule has 0 saturated heterocycles. The summed E-state index contributed by atoms with van der Waals surface area (Å²) in [6, 6.07) is 0. The van der Waals surface area contributed by atoms with E-state index in [2.05, 4.69) is 0 Å².